The van der Waals surface area contributed by atoms with E-state index < -0.39 is 0 Å². The number of ether oxygens (including phenoxy) is 1. The zero-order chi connectivity index (χ0) is 16.1. The topological polar surface area (TPSA) is 17.4 Å². The molecule has 1 aromatic heterocycles. The first-order valence-electron chi connectivity index (χ1n) is 8.63. The number of aromatic nitrogens is 1. The number of nitrogens with zero attached hydrogens (tertiary/aromatic N) is 2. The molecule has 0 bridgehead atoms. The van der Waals surface area contributed by atoms with Crippen LogP contribution >= 0.6 is 0 Å². The van der Waals surface area contributed by atoms with Gasteiger partial charge in [0.15, 0.2) is 0 Å². The van der Waals surface area contributed by atoms with Crippen molar-refractivity contribution in [3.05, 3.63) is 42.7 Å². The van der Waals surface area contributed by atoms with Gasteiger partial charge in [-0.15, -0.1) is 0 Å². The Bertz CT molecular complexity index is 674. The van der Waals surface area contributed by atoms with E-state index in [0.29, 0.717) is 12.1 Å². The van der Waals surface area contributed by atoms with E-state index in [-0.39, 0.29) is 0 Å². The molecular formula is C20H26N2O. The summed E-state index contributed by atoms with van der Waals surface area (Å²) in [5, 5.41) is 0. The lowest BCUT2D eigenvalue weighted by Crippen LogP contribution is -2.35. The molecule has 3 heteroatoms. The van der Waals surface area contributed by atoms with Gasteiger partial charge in [0.25, 0.3) is 0 Å². The van der Waals surface area contributed by atoms with E-state index in [1.165, 1.54) is 11.1 Å². The van der Waals surface area contributed by atoms with E-state index in [2.05, 4.69) is 73.1 Å². The summed E-state index contributed by atoms with van der Waals surface area (Å²) >= 11 is 0. The van der Waals surface area contributed by atoms with Crippen molar-refractivity contribution in [2.75, 3.05) is 13.7 Å². The quantitative estimate of drug-likeness (QED) is 0.857. The molecule has 0 spiro atoms. The molecule has 1 saturated heterocycles. The van der Waals surface area contributed by atoms with Crippen LogP contribution in [-0.2, 0) is 7.05 Å². The summed E-state index contributed by atoms with van der Waals surface area (Å²) in [5.74, 6) is 3.39. The molecule has 1 aromatic carbocycles. The Balaban J connectivity index is 1.36. The van der Waals surface area contributed by atoms with Gasteiger partial charge in [0.1, 0.15) is 5.75 Å². The largest absolute Gasteiger partial charge is 0.493 e. The van der Waals surface area contributed by atoms with Crippen LogP contribution in [0.2, 0.25) is 0 Å². The molecule has 2 heterocycles. The van der Waals surface area contributed by atoms with Crippen molar-refractivity contribution in [3.8, 4) is 16.9 Å². The first kappa shape index (κ1) is 14.8. The Hall–Kier alpha value is -1.74. The van der Waals surface area contributed by atoms with Crippen LogP contribution in [0.1, 0.15) is 13.8 Å². The van der Waals surface area contributed by atoms with Crippen molar-refractivity contribution < 1.29 is 4.74 Å². The van der Waals surface area contributed by atoms with Gasteiger partial charge in [0.05, 0.1) is 6.61 Å². The Morgan fingerprint density at radius 2 is 1.57 bits per heavy atom. The van der Waals surface area contributed by atoms with Gasteiger partial charge in [-0.3, -0.25) is 0 Å². The Labute approximate surface area is 138 Å². The van der Waals surface area contributed by atoms with Crippen molar-refractivity contribution in [2.24, 2.45) is 24.8 Å². The molecule has 2 aliphatic rings. The lowest BCUT2D eigenvalue weighted by Gasteiger charge is -2.26. The lowest BCUT2D eigenvalue weighted by molar-refractivity contribution is 0.178. The molecule has 4 rings (SSSR count). The highest BCUT2D eigenvalue weighted by molar-refractivity contribution is 5.63. The maximum Gasteiger partial charge on any atom is 0.119 e. The average Bonchev–Trinajstić information content (AvgIpc) is 3.04. The molecule has 2 fully saturated rings. The third-order valence-electron chi connectivity index (χ3n) is 6.15. The van der Waals surface area contributed by atoms with E-state index in [0.717, 1.165) is 30.1 Å². The summed E-state index contributed by atoms with van der Waals surface area (Å²) in [6.07, 6.45) is 4.21. The highest BCUT2D eigenvalue weighted by Crippen LogP contribution is 2.58. The van der Waals surface area contributed by atoms with Crippen LogP contribution in [-0.4, -0.2) is 35.2 Å². The fourth-order valence-corrected chi connectivity index (χ4v) is 4.53. The van der Waals surface area contributed by atoms with Crippen molar-refractivity contribution in [1.29, 1.82) is 0 Å². The monoisotopic (exact) mass is 310 g/mol. The van der Waals surface area contributed by atoms with Crippen LogP contribution in [0.25, 0.3) is 11.1 Å². The molecule has 1 aliphatic heterocycles. The van der Waals surface area contributed by atoms with Crippen LogP contribution in [0.15, 0.2) is 42.7 Å². The molecule has 0 radical (unpaired) electrons. The standard InChI is InChI=1S/C20H26N2O/c1-13-19-18(20(19)14(2)22(13)4)12-23-17-7-5-15(6-8-17)16-9-10-21(3)11-16/h5-11,13-14,18-20H,12H2,1-4H3. The van der Waals surface area contributed by atoms with Crippen LogP contribution < -0.4 is 4.74 Å². The van der Waals surface area contributed by atoms with Gasteiger partial charge in [-0.2, -0.15) is 0 Å². The van der Waals surface area contributed by atoms with Crippen molar-refractivity contribution in [3.63, 3.8) is 0 Å². The fourth-order valence-electron chi connectivity index (χ4n) is 4.53. The van der Waals surface area contributed by atoms with Crippen LogP contribution in [0.4, 0.5) is 0 Å². The third-order valence-corrected chi connectivity index (χ3v) is 6.15. The molecule has 122 valence electrons. The minimum atomic E-state index is 0.698. The molecule has 1 saturated carbocycles. The second-order valence-corrected chi connectivity index (χ2v) is 7.37. The van der Waals surface area contributed by atoms with Crippen LogP contribution in [0.3, 0.4) is 0 Å². The summed E-state index contributed by atoms with van der Waals surface area (Å²) in [5.41, 5.74) is 2.49. The van der Waals surface area contributed by atoms with Gasteiger partial charge >= 0.3 is 0 Å². The van der Waals surface area contributed by atoms with E-state index >= 15 is 0 Å². The predicted molar refractivity (Wildman–Crippen MR) is 93.5 cm³/mol. The number of benzene rings is 1. The summed E-state index contributed by atoms with van der Waals surface area (Å²) in [6.45, 7) is 5.58. The minimum absolute atomic E-state index is 0.698. The number of fused-ring (bicyclic) bond motifs is 1. The number of piperidine rings is 1. The maximum atomic E-state index is 6.07. The third kappa shape index (κ3) is 2.47. The van der Waals surface area contributed by atoms with E-state index in [4.69, 9.17) is 4.74 Å². The Morgan fingerprint density at radius 1 is 0.913 bits per heavy atom. The summed E-state index contributed by atoms with van der Waals surface area (Å²) < 4.78 is 8.14. The van der Waals surface area contributed by atoms with Gasteiger partial charge in [0.2, 0.25) is 0 Å². The molecule has 1 aliphatic carbocycles. The molecule has 3 nitrogen and oxygen atoms in total. The van der Waals surface area contributed by atoms with Gasteiger partial charge in [0, 0.05) is 37.4 Å². The number of hydrogen-bond acceptors (Lipinski definition) is 2. The Morgan fingerprint density at radius 3 is 2.13 bits per heavy atom. The second-order valence-electron chi connectivity index (χ2n) is 7.37. The highest BCUT2D eigenvalue weighted by Gasteiger charge is 2.62. The molecule has 4 unspecified atom stereocenters. The van der Waals surface area contributed by atoms with E-state index in [9.17, 15) is 0 Å². The Kier molecular flexibility index (Phi) is 3.49. The molecule has 4 atom stereocenters. The van der Waals surface area contributed by atoms with Crippen molar-refractivity contribution in [2.45, 2.75) is 25.9 Å². The first-order chi connectivity index (χ1) is 11.1. The first-order valence-corrected chi connectivity index (χ1v) is 8.63. The maximum absolute atomic E-state index is 6.07. The summed E-state index contributed by atoms with van der Waals surface area (Å²) in [4.78, 5) is 2.51. The van der Waals surface area contributed by atoms with Gasteiger partial charge in [-0.05, 0) is 62.1 Å². The van der Waals surface area contributed by atoms with Crippen molar-refractivity contribution in [1.82, 2.24) is 9.47 Å². The van der Waals surface area contributed by atoms with E-state index in [1.54, 1.807) is 0 Å². The smallest absolute Gasteiger partial charge is 0.119 e. The predicted octanol–water partition coefficient (Wildman–Crippen LogP) is 3.66. The number of likely N-dealkylation sites (tertiary alicyclic amines) is 1. The zero-order valence-corrected chi connectivity index (χ0v) is 14.4. The molecule has 23 heavy (non-hydrogen) atoms. The lowest BCUT2D eigenvalue weighted by atomic mass is 10.1. The van der Waals surface area contributed by atoms with Crippen LogP contribution in [0, 0.1) is 17.8 Å². The van der Waals surface area contributed by atoms with Gasteiger partial charge < -0.3 is 14.2 Å². The zero-order valence-electron chi connectivity index (χ0n) is 14.4. The molecule has 2 aromatic rings. The van der Waals surface area contributed by atoms with Gasteiger partial charge in [-0.1, -0.05) is 12.1 Å². The van der Waals surface area contributed by atoms with E-state index in [1.807, 2.05) is 7.05 Å². The SMILES string of the molecule is CC1C2C(COc3ccc(-c4ccn(C)c4)cc3)C2C(C)N1C. The number of hydrogen-bond donors (Lipinski definition) is 0. The number of aryl methyl sites for hydroxylation is 1. The highest BCUT2D eigenvalue weighted by atomic mass is 16.5. The van der Waals surface area contributed by atoms with Crippen molar-refractivity contribution >= 4 is 0 Å². The summed E-state index contributed by atoms with van der Waals surface area (Å²) in [7, 11) is 4.30. The fraction of sp³-hybridized carbons (Fsp3) is 0.500. The summed E-state index contributed by atoms with van der Waals surface area (Å²) in [6, 6.07) is 12.0. The molecular weight excluding hydrogens is 284 g/mol. The second kappa shape index (κ2) is 5.41. The average molecular weight is 310 g/mol. The molecule has 0 amide bonds. The number of rotatable bonds is 4. The minimum Gasteiger partial charge on any atom is -0.493 e. The molecule has 0 N–H and O–H groups in total. The normalized spacial score (nSPS) is 32.8. The van der Waals surface area contributed by atoms with Crippen LogP contribution in [0.5, 0.6) is 5.75 Å². The van der Waals surface area contributed by atoms with Gasteiger partial charge in [-0.25, -0.2) is 0 Å².